The Morgan fingerprint density at radius 1 is 1.19 bits per heavy atom. The third-order valence-electron chi connectivity index (χ3n) is 3.58. The van der Waals surface area contributed by atoms with E-state index < -0.39 is 11.8 Å². The van der Waals surface area contributed by atoms with Crippen molar-refractivity contribution in [3.8, 4) is 11.5 Å². The average Bonchev–Trinajstić information content (AvgIpc) is 2.66. The lowest BCUT2D eigenvalue weighted by atomic mass is 10.1. The lowest BCUT2D eigenvalue weighted by molar-refractivity contribution is -0.127. The van der Waals surface area contributed by atoms with Gasteiger partial charge >= 0.3 is 0 Å². The summed E-state index contributed by atoms with van der Waals surface area (Å²) in [6.45, 7) is 0.647. The predicted octanol–water partition coefficient (Wildman–Crippen LogP) is 1.13. The van der Waals surface area contributed by atoms with Crippen molar-refractivity contribution >= 4 is 29.5 Å². The van der Waals surface area contributed by atoms with E-state index in [9.17, 15) is 14.4 Å². The molecule has 1 aromatic carbocycles. The molecule has 8 nitrogen and oxygen atoms in total. The van der Waals surface area contributed by atoms with E-state index >= 15 is 0 Å². The SMILES string of the molecule is O=C(/C=C/c1cc(Cl)c2c(c1)OCCO2)NNC(=O)Cn1ccccc1=O. The van der Waals surface area contributed by atoms with Gasteiger partial charge in [0.25, 0.3) is 17.4 Å². The van der Waals surface area contributed by atoms with Crippen LogP contribution >= 0.6 is 11.6 Å². The Balaban J connectivity index is 1.55. The largest absolute Gasteiger partial charge is 0.486 e. The van der Waals surface area contributed by atoms with Crippen LogP contribution in [0.1, 0.15) is 5.56 Å². The van der Waals surface area contributed by atoms with E-state index in [1.54, 1.807) is 24.3 Å². The van der Waals surface area contributed by atoms with E-state index in [4.69, 9.17) is 21.1 Å². The molecule has 1 aliphatic rings. The second-order valence-electron chi connectivity index (χ2n) is 5.56. The molecule has 2 N–H and O–H groups in total. The van der Waals surface area contributed by atoms with Gasteiger partial charge in [0.05, 0.1) is 5.02 Å². The molecule has 3 rings (SSSR count). The maximum Gasteiger partial charge on any atom is 0.262 e. The van der Waals surface area contributed by atoms with Gasteiger partial charge in [0.2, 0.25) is 0 Å². The predicted molar refractivity (Wildman–Crippen MR) is 98.5 cm³/mol. The standard InChI is InChI=1S/C18H16ClN3O5/c19-13-9-12(10-14-18(13)27-8-7-26-14)4-5-15(23)20-21-16(24)11-22-6-2-1-3-17(22)25/h1-6,9-10H,7-8,11H2,(H,20,23)(H,21,24)/b5-4+. The van der Waals surface area contributed by atoms with Gasteiger partial charge in [-0.15, -0.1) is 0 Å². The fourth-order valence-corrected chi connectivity index (χ4v) is 2.63. The molecule has 1 aromatic heterocycles. The first kappa shape index (κ1) is 18.5. The van der Waals surface area contributed by atoms with Crippen molar-refractivity contribution in [2.24, 2.45) is 0 Å². The maximum absolute atomic E-state index is 11.8. The minimum Gasteiger partial charge on any atom is -0.486 e. The summed E-state index contributed by atoms with van der Waals surface area (Å²) in [4.78, 5) is 35.2. The molecular weight excluding hydrogens is 374 g/mol. The number of carbonyl (C=O) groups is 2. The number of amides is 2. The minimum absolute atomic E-state index is 0.207. The van der Waals surface area contributed by atoms with Crippen LogP contribution in [0.5, 0.6) is 11.5 Å². The first-order chi connectivity index (χ1) is 13.0. The Bertz CT molecular complexity index is 954. The highest BCUT2D eigenvalue weighted by molar-refractivity contribution is 6.32. The normalized spacial score (nSPS) is 12.6. The lowest BCUT2D eigenvalue weighted by Crippen LogP contribution is -2.43. The summed E-state index contributed by atoms with van der Waals surface area (Å²) >= 11 is 6.13. The van der Waals surface area contributed by atoms with Crippen molar-refractivity contribution in [1.29, 1.82) is 0 Å². The van der Waals surface area contributed by atoms with E-state index in [2.05, 4.69) is 10.9 Å². The van der Waals surface area contributed by atoms with Crippen LogP contribution in [-0.4, -0.2) is 29.6 Å². The molecule has 0 aliphatic carbocycles. The van der Waals surface area contributed by atoms with Crippen LogP contribution in [0.3, 0.4) is 0 Å². The molecule has 2 amide bonds. The molecule has 0 saturated heterocycles. The summed E-state index contributed by atoms with van der Waals surface area (Å²) < 4.78 is 12.1. The molecule has 2 aromatic rings. The van der Waals surface area contributed by atoms with Crippen molar-refractivity contribution in [2.45, 2.75) is 6.54 Å². The second kappa shape index (κ2) is 8.41. The van der Waals surface area contributed by atoms with Crippen molar-refractivity contribution in [3.05, 3.63) is 63.5 Å². The van der Waals surface area contributed by atoms with Gasteiger partial charge in [-0.2, -0.15) is 0 Å². The number of halogens is 1. The Hall–Kier alpha value is -3.26. The molecule has 140 valence electrons. The highest BCUT2D eigenvalue weighted by atomic mass is 35.5. The van der Waals surface area contributed by atoms with Crippen LogP contribution in [0.25, 0.3) is 6.08 Å². The first-order valence-corrected chi connectivity index (χ1v) is 8.42. The number of nitrogens with one attached hydrogen (secondary N) is 2. The number of benzene rings is 1. The Labute approximate surface area is 159 Å². The highest BCUT2D eigenvalue weighted by Gasteiger charge is 2.16. The fraction of sp³-hybridized carbons (Fsp3) is 0.167. The lowest BCUT2D eigenvalue weighted by Gasteiger charge is -2.19. The Kier molecular flexibility index (Phi) is 5.77. The molecule has 0 radical (unpaired) electrons. The fourth-order valence-electron chi connectivity index (χ4n) is 2.36. The van der Waals surface area contributed by atoms with Crippen LogP contribution in [0.2, 0.25) is 5.02 Å². The van der Waals surface area contributed by atoms with Crippen LogP contribution in [0.15, 0.2) is 47.4 Å². The van der Waals surface area contributed by atoms with Gasteiger partial charge in [0.15, 0.2) is 11.5 Å². The number of rotatable bonds is 4. The highest BCUT2D eigenvalue weighted by Crippen LogP contribution is 2.38. The molecule has 2 heterocycles. The summed E-state index contributed by atoms with van der Waals surface area (Å²) in [5.41, 5.74) is 4.80. The third kappa shape index (κ3) is 4.89. The number of hydrogen-bond donors (Lipinski definition) is 2. The monoisotopic (exact) mass is 389 g/mol. The van der Waals surface area contributed by atoms with Crippen molar-refractivity contribution in [2.75, 3.05) is 13.2 Å². The molecule has 0 unspecified atom stereocenters. The minimum atomic E-state index is -0.547. The molecule has 0 fully saturated rings. The number of hydrogen-bond acceptors (Lipinski definition) is 5. The topological polar surface area (TPSA) is 98.7 Å². The number of aromatic nitrogens is 1. The summed E-state index contributed by atoms with van der Waals surface area (Å²) in [5.74, 6) is -0.0921. The van der Waals surface area contributed by atoms with Gasteiger partial charge in [0, 0.05) is 18.3 Å². The molecular formula is C18H16ClN3O5. The van der Waals surface area contributed by atoms with Gasteiger partial charge in [-0.3, -0.25) is 25.2 Å². The Morgan fingerprint density at radius 3 is 2.81 bits per heavy atom. The molecule has 27 heavy (non-hydrogen) atoms. The molecule has 9 heteroatoms. The number of ether oxygens (including phenoxy) is 2. The number of fused-ring (bicyclic) bond motifs is 1. The molecule has 0 spiro atoms. The van der Waals surface area contributed by atoms with E-state index in [0.29, 0.717) is 35.3 Å². The van der Waals surface area contributed by atoms with E-state index in [-0.39, 0.29) is 12.1 Å². The average molecular weight is 390 g/mol. The molecule has 0 bridgehead atoms. The maximum atomic E-state index is 11.8. The smallest absolute Gasteiger partial charge is 0.262 e. The van der Waals surface area contributed by atoms with Gasteiger partial charge in [0.1, 0.15) is 19.8 Å². The van der Waals surface area contributed by atoms with Crippen molar-refractivity contribution < 1.29 is 19.1 Å². The Morgan fingerprint density at radius 2 is 2.00 bits per heavy atom. The summed E-state index contributed by atoms with van der Waals surface area (Å²) in [5, 5.41) is 0.383. The zero-order valence-corrected chi connectivity index (χ0v) is 14.9. The summed E-state index contributed by atoms with van der Waals surface area (Å²) in [6.07, 6.45) is 4.24. The van der Waals surface area contributed by atoms with E-state index in [1.807, 2.05) is 0 Å². The molecule has 1 aliphatic heterocycles. The van der Waals surface area contributed by atoms with Gasteiger partial charge in [-0.05, 0) is 29.8 Å². The molecule has 0 atom stereocenters. The van der Waals surface area contributed by atoms with E-state index in [0.717, 1.165) is 0 Å². The zero-order chi connectivity index (χ0) is 19.2. The van der Waals surface area contributed by atoms with E-state index in [1.165, 1.54) is 29.0 Å². The zero-order valence-electron chi connectivity index (χ0n) is 14.1. The van der Waals surface area contributed by atoms with Crippen LogP contribution in [-0.2, 0) is 16.1 Å². The summed E-state index contributed by atoms with van der Waals surface area (Å²) in [7, 11) is 0. The first-order valence-electron chi connectivity index (χ1n) is 8.04. The van der Waals surface area contributed by atoms with Gasteiger partial charge in [-0.1, -0.05) is 17.7 Å². The number of carbonyl (C=O) groups excluding carboxylic acids is 2. The van der Waals surface area contributed by atoms with Gasteiger partial charge in [-0.25, -0.2) is 0 Å². The quantitative estimate of drug-likeness (QED) is 0.603. The van der Waals surface area contributed by atoms with Crippen LogP contribution in [0.4, 0.5) is 0 Å². The number of hydrazine groups is 1. The van der Waals surface area contributed by atoms with Gasteiger partial charge < -0.3 is 14.0 Å². The van der Waals surface area contributed by atoms with Crippen molar-refractivity contribution in [1.82, 2.24) is 15.4 Å². The third-order valence-corrected chi connectivity index (χ3v) is 3.87. The molecule has 0 saturated carbocycles. The second-order valence-corrected chi connectivity index (χ2v) is 5.97. The summed E-state index contributed by atoms with van der Waals surface area (Å²) in [6, 6.07) is 7.89. The van der Waals surface area contributed by atoms with Crippen LogP contribution in [0, 0.1) is 0 Å². The van der Waals surface area contributed by atoms with Crippen molar-refractivity contribution in [3.63, 3.8) is 0 Å². The number of pyridine rings is 1. The van der Waals surface area contributed by atoms with Crippen LogP contribution < -0.4 is 25.9 Å². The number of nitrogens with zero attached hydrogens (tertiary/aromatic N) is 1.